The van der Waals surface area contributed by atoms with Crippen LogP contribution in [0.1, 0.15) is 19.4 Å². The van der Waals surface area contributed by atoms with E-state index in [2.05, 4.69) is 26.1 Å². The van der Waals surface area contributed by atoms with Crippen molar-refractivity contribution in [1.29, 1.82) is 0 Å². The quantitative estimate of drug-likeness (QED) is 0.626. The molecule has 0 amide bonds. The highest BCUT2D eigenvalue weighted by atomic mass is 79.9. The molecule has 0 bridgehead atoms. The van der Waals surface area contributed by atoms with Gasteiger partial charge < -0.3 is 9.57 Å². The molecule has 108 valence electrons. The second kappa shape index (κ2) is 7.12. The van der Waals surface area contributed by atoms with Crippen LogP contribution in [0.3, 0.4) is 0 Å². The fraction of sp³-hybridized carbons (Fsp3) is 0.500. The standard InChI is InChI=1S/C12H15BrF3NO2/c1-8(2)7-18-17-6-9-3-4-11(10(13)5-9)19-12(14,15)16/h3-5,8,17H,6-7H2,1-2H3. The average molecular weight is 342 g/mol. The van der Waals surface area contributed by atoms with Crippen molar-refractivity contribution in [2.24, 2.45) is 5.92 Å². The molecule has 1 rings (SSSR count). The van der Waals surface area contributed by atoms with Gasteiger partial charge in [0, 0.05) is 6.54 Å². The van der Waals surface area contributed by atoms with Gasteiger partial charge in [0.15, 0.2) is 0 Å². The van der Waals surface area contributed by atoms with Crippen molar-refractivity contribution in [2.45, 2.75) is 26.8 Å². The molecule has 0 aliphatic carbocycles. The Morgan fingerprint density at radius 2 is 2.00 bits per heavy atom. The van der Waals surface area contributed by atoms with Gasteiger partial charge in [0.05, 0.1) is 11.1 Å². The van der Waals surface area contributed by atoms with Crippen molar-refractivity contribution in [2.75, 3.05) is 6.61 Å². The zero-order valence-electron chi connectivity index (χ0n) is 10.6. The van der Waals surface area contributed by atoms with Crippen molar-refractivity contribution in [3.05, 3.63) is 28.2 Å². The Kier molecular flexibility index (Phi) is 6.09. The average Bonchev–Trinajstić information content (AvgIpc) is 2.26. The SMILES string of the molecule is CC(C)CONCc1ccc(OC(F)(F)F)c(Br)c1. The summed E-state index contributed by atoms with van der Waals surface area (Å²) in [5.74, 6) is 0.140. The number of alkyl halides is 3. The largest absolute Gasteiger partial charge is 0.573 e. The summed E-state index contributed by atoms with van der Waals surface area (Å²) in [6.07, 6.45) is -4.69. The predicted molar refractivity (Wildman–Crippen MR) is 68.5 cm³/mol. The number of hydroxylamine groups is 1. The van der Waals surface area contributed by atoms with Gasteiger partial charge in [0.1, 0.15) is 5.75 Å². The van der Waals surface area contributed by atoms with E-state index in [0.29, 0.717) is 19.1 Å². The zero-order valence-corrected chi connectivity index (χ0v) is 12.1. The Hall–Kier alpha value is -0.790. The van der Waals surface area contributed by atoms with E-state index in [1.165, 1.54) is 12.1 Å². The van der Waals surface area contributed by atoms with E-state index in [1.807, 2.05) is 13.8 Å². The molecule has 0 aromatic heterocycles. The molecule has 0 saturated carbocycles. The maximum absolute atomic E-state index is 12.1. The van der Waals surface area contributed by atoms with Gasteiger partial charge in [-0.15, -0.1) is 13.2 Å². The van der Waals surface area contributed by atoms with E-state index >= 15 is 0 Å². The summed E-state index contributed by atoms with van der Waals surface area (Å²) in [7, 11) is 0. The molecule has 1 aromatic rings. The van der Waals surface area contributed by atoms with Gasteiger partial charge >= 0.3 is 6.36 Å². The third-order valence-electron chi connectivity index (χ3n) is 2.02. The molecule has 0 radical (unpaired) electrons. The molecule has 7 heteroatoms. The Bertz CT molecular complexity index is 410. The number of benzene rings is 1. The highest BCUT2D eigenvalue weighted by molar-refractivity contribution is 9.10. The minimum atomic E-state index is -4.69. The van der Waals surface area contributed by atoms with E-state index < -0.39 is 6.36 Å². The summed E-state index contributed by atoms with van der Waals surface area (Å²) in [4.78, 5) is 5.17. The van der Waals surface area contributed by atoms with Crippen LogP contribution in [0.25, 0.3) is 0 Å². The fourth-order valence-electron chi connectivity index (χ4n) is 1.22. The molecule has 0 atom stereocenters. The van der Waals surface area contributed by atoms with Gasteiger partial charge in [0.25, 0.3) is 0 Å². The normalized spacial score (nSPS) is 11.9. The van der Waals surface area contributed by atoms with Crippen LogP contribution < -0.4 is 10.2 Å². The predicted octanol–water partition coefficient (Wildman–Crippen LogP) is 4.02. The van der Waals surface area contributed by atoms with Crippen LogP contribution in [0.2, 0.25) is 0 Å². The zero-order chi connectivity index (χ0) is 14.5. The summed E-state index contributed by atoms with van der Waals surface area (Å²) in [6, 6.07) is 4.35. The number of nitrogens with one attached hydrogen (secondary N) is 1. The topological polar surface area (TPSA) is 30.5 Å². The van der Waals surface area contributed by atoms with E-state index in [4.69, 9.17) is 4.84 Å². The number of hydrogen-bond acceptors (Lipinski definition) is 3. The van der Waals surface area contributed by atoms with Crippen LogP contribution in [0.15, 0.2) is 22.7 Å². The second-order valence-electron chi connectivity index (χ2n) is 4.34. The molecule has 3 nitrogen and oxygen atoms in total. The molecule has 0 heterocycles. The van der Waals surface area contributed by atoms with Crippen LogP contribution in [0.4, 0.5) is 13.2 Å². The van der Waals surface area contributed by atoms with E-state index in [1.54, 1.807) is 6.07 Å². The smallest absolute Gasteiger partial charge is 0.405 e. The number of halogens is 4. The molecule has 0 spiro atoms. The fourth-order valence-corrected chi connectivity index (χ4v) is 1.73. The summed E-state index contributed by atoms with van der Waals surface area (Å²) in [6.45, 7) is 5.00. The van der Waals surface area contributed by atoms with Crippen LogP contribution in [0, 0.1) is 5.92 Å². The van der Waals surface area contributed by atoms with Crippen LogP contribution >= 0.6 is 15.9 Å². The first-order valence-electron chi connectivity index (χ1n) is 5.67. The molecule has 0 unspecified atom stereocenters. The van der Waals surface area contributed by atoms with Gasteiger partial charge in [-0.1, -0.05) is 19.9 Å². The van der Waals surface area contributed by atoms with Gasteiger partial charge in [-0.2, -0.15) is 5.48 Å². The summed E-state index contributed by atoms with van der Waals surface area (Å²) >= 11 is 3.04. The van der Waals surface area contributed by atoms with Gasteiger partial charge in [0.2, 0.25) is 0 Å². The Labute approximate surface area is 118 Å². The maximum atomic E-state index is 12.1. The van der Waals surface area contributed by atoms with Crippen molar-refractivity contribution >= 4 is 15.9 Å². The first-order chi connectivity index (χ1) is 8.78. The van der Waals surface area contributed by atoms with Crippen molar-refractivity contribution in [3.63, 3.8) is 0 Å². The molecule has 0 fully saturated rings. The van der Waals surface area contributed by atoms with Crippen LogP contribution in [0.5, 0.6) is 5.75 Å². The highest BCUT2D eigenvalue weighted by Crippen LogP contribution is 2.30. The third kappa shape index (κ3) is 6.79. The summed E-state index contributed by atoms with van der Waals surface area (Å²) < 4.78 is 40.3. The maximum Gasteiger partial charge on any atom is 0.573 e. The molecular formula is C12H15BrF3NO2. The monoisotopic (exact) mass is 341 g/mol. The first kappa shape index (κ1) is 16.3. The van der Waals surface area contributed by atoms with Crippen LogP contribution in [-0.2, 0) is 11.4 Å². The molecule has 19 heavy (non-hydrogen) atoms. The van der Waals surface area contributed by atoms with Gasteiger partial charge in [-0.3, -0.25) is 0 Å². The molecule has 0 aliphatic heterocycles. The van der Waals surface area contributed by atoms with Crippen molar-refractivity contribution in [3.8, 4) is 5.75 Å². The van der Waals surface area contributed by atoms with Crippen molar-refractivity contribution < 1.29 is 22.7 Å². The molecule has 1 aromatic carbocycles. The second-order valence-corrected chi connectivity index (χ2v) is 5.19. The molecule has 0 saturated heterocycles. The lowest BCUT2D eigenvalue weighted by atomic mass is 10.2. The summed E-state index contributed by atoms with van der Waals surface area (Å²) in [5, 5.41) is 0. The van der Waals surface area contributed by atoms with E-state index in [9.17, 15) is 13.2 Å². The van der Waals surface area contributed by atoms with Gasteiger partial charge in [-0.05, 0) is 39.5 Å². The lowest BCUT2D eigenvalue weighted by Gasteiger charge is -2.12. The number of hydrogen-bond donors (Lipinski definition) is 1. The minimum Gasteiger partial charge on any atom is -0.405 e. The van der Waals surface area contributed by atoms with E-state index in [0.717, 1.165) is 5.56 Å². The highest BCUT2D eigenvalue weighted by Gasteiger charge is 2.31. The lowest BCUT2D eigenvalue weighted by Crippen LogP contribution is -2.18. The lowest BCUT2D eigenvalue weighted by molar-refractivity contribution is -0.274. The minimum absolute atomic E-state index is 0.244. The molecular weight excluding hydrogens is 327 g/mol. The first-order valence-corrected chi connectivity index (χ1v) is 6.46. The Balaban J connectivity index is 2.52. The van der Waals surface area contributed by atoms with Crippen LogP contribution in [-0.4, -0.2) is 13.0 Å². The Morgan fingerprint density at radius 1 is 1.32 bits per heavy atom. The van der Waals surface area contributed by atoms with E-state index in [-0.39, 0.29) is 10.2 Å². The number of rotatable bonds is 6. The van der Waals surface area contributed by atoms with Crippen molar-refractivity contribution in [1.82, 2.24) is 5.48 Å². The molecule has 0 aliphatic rings. The van der Waals surface area contributed by atoms with Gasteiger partial charge in [-0.25, -0.2) is 0 Å². The molecule has 1 N–H and O–H groups in total. The Morgan fingerprint density at radius 3 is 2.53 bits per heavy atom. The summed E-state index contributed by atoms with van der Waals surface area (Å²) in [5.41, 5.74) is 3.53. The third-order valence-corrected chi connectivity index (χ3v) is 2.64. The number of ether oxygens (including phenoxy) is 1.